The molecule has 2 aliphatic heterocycles. The van der Waals surface area contributed by atoms with Crippen molar-refractivity contribution < 1.29 is 4.79 Å². The Hall–Kier alpha value is -3.65. The van der Waals surface area contributed by atoms with E-state index in [2.05, 4.69) is 11.1 Å². The lowest BCUT2D eigenvalue weighted by Gasteiger charge is -2.41. The fourth-order valence-electron chi connectivity index (χ4n) is 4.56. The number of ketones is 1. The first-order chi connectivity index (χ1) is 14.1. The van der Waals surface area contributed by atoms with E-state index >= 15 is 0 Å². The molecule has 1 atom stereocenters. The van der Waals surface area contributed by atoms with Gasteiger partial charge in [-0.3, -0.25) is 9.69 Å². The van der Waals surface area contributed by atoms with Crippen molar-refractivity contribution in [2.75, 3.05) is 4.90 Å². The van der Waals surface area contributed by atoms with Crippen molar-refractivity contribution in [3.63, 3.8) is 0 Å². The molecule has 0 unspecified atom stereocenters. The number of Topliss-reactive ketones (excluding diaryl/α,β-unsaturated/α-hetero) is 1. The van der Waals surface area contributed by atoms with E-state index in [-0.39, 0.29) is 5.78 Å². The van der Waals surface area contributed by atoms with Crippen LogP contribution in [0.25, 0.3) is 0 Å². The van der Waals surface area contributed by atoms with Crippen LogP contribution >= 0.6 is 0 Å². The van der Waals surface area contributed by atoms with E-state index in [0.717, 1.165) is 46.5 Å². The zero-order chi connectivity index (χ0) is 20.1. The van der Waals surface area contributed by atoms with Gasteiger partial charge in [-0.15, -0.1) is 0 Å². The first-order valence-electron chi connectivity index (χ1n) is 9.81. The van der Waals surface area contributed by atoms with Crippen LogP contribution in [0, 0.1) is 18.3 Å². The molecule has 2 heterocycles. The molecule has 0 bridgehead atoms. The average Bonchev–Trinajstić information content (AvgIpc) is 2.74. The lowest BCUT2D eigenvalue weighted by atomic mass is 9.75. The number of hydrogen-bond acceptors (Lipinski definition) is 5. The van der Waals surface area contributed by atoms with Crippen molar-refractivity contribution in [1.29, 1.82) is 5.26 Å². The van der Waals surface area contributed by atoms with Gasteiger partial charge in [-0.2, -0.15) is 5.26 Å². The van der Waals surface area contributed by atoms with Crippen molar-refractivity contribution in [3.05, 3.63) is 87.9 Å². The molecule has 0 amide bonds. The number of nitrogens with zero attached hydrogens (tertiary/aromatic N) is 3. The quantitative estimate of drug-likeness (QED) is 0.809. The molecular weight excluding hydrogens is 360 g/mol. The Bertz CT molecular complexity index is 1180. The maximum absolute atomic E-state index is 13.1. The SMILES string of the molecule is Cc1ccc([C@H]2C(C#N)=C3N=C(N)c4ccccc4N3C3=C2C(=O)CCC3)cc1. The van der Waals surface area contributed by atoms with Crippen LogP contribution in [0.5, 0.6) is 0 Å². The maximum atomic E-state index is 13.1. The number of carbonyl (C=O) groups is 1. The first-order valence-corrected chi connectivity index (χ1v) is 9.81. The zero-order valence-corrected chi connectivity index (χ0v) is 16.1. The smallest absolute Gasteiger partial charge is 0.161 e. The minimum Gasteiger partial charge on any atom is -0.383 e. The van der Waals surface area contributed by atoms with Gasteiger partial charge in [0.1, 0.15) is 5.84 Å². The summed E-state index contributed by atoms with van der Waals surface area (Å²) in [5.41, 5.74) is 12.2. The molecule has 2 N–H and O–H groups in total. The van der Waals surface area contributed by atoms with Crippen LogP contribution in [-0.4, -0.2) is 11.6 Å². The molecule has 142 valence electrons. The Labute approximate surface area is 169 Å². The van der Waals surface area contributed by atoms with Gasteiger partial charge in [-0.05, 0) is 37.5 Å². The van der Waals surface area contributed by atoms with E-state index in [9.17, 15) is 10.1 Å². The topological polar surface area (TPSA) is 82.5 Å². The predicted molar refractivity (Wildman–Crippen MR) is 112 cm³/mol. The highest BCUT2D eigenvalue weighted by molar-refractivity contribution is 6.08. The van der Waals surface area contributed by atoms with Crippen molar-refractivity contribution in [2.45, 2.75) is 32.1 Å². The van der Waals surface area contributed by atoms with Crippen LogP contribution in [-0.2, 0) is 4.79 Å². The number of nitriles is 1. The monoisotopic (exact) mass is 380 g/mol. The number of aliphatic imine (C=N–C) groups is 1. The summed E-state index contributed by atoms with van der Waals surface area (Å²) in [6.45, 7) is 2.02. The summed E-state index contributed by atoms with van der Waals surface area (Å²) in [5, 5.41) is 10.1. The van der Waals surface area contributed by atoms with Crippen molar-refractivity contribution in [2.24, 2.45) is 10.7 Å². The second-order valence-corrected chi connectivity index (χ2v) is 7.68. The molecule has 2 aromatic carbocycles. The molecule has 0 aromatic heterocycles. The number of aryl methyl sites for hydroxylation is 1. The van der Waals surface area contributed by atoms with E-state index in [0.29, 0.717) is 23.7 Å². The number of rotatable bonds is 1. The Morgan fingerprint density at radius 2 is 1.90 bits per heavy atom. The summed E-state index contributed by atoms with van der Waals surface area (Å²) in [5.74, 6) is 0.649. The molecule has 3 aliphatic rings. The zero-order valence-electron chi connectivity index (χ0n) is 16.1. The molecular formula is C24H20N4O. The highest BCUT2D eigenvalue weighted by Crippen LogP contribution is 2.49. The van der Waals surface area contributed by atoms with E-state index < -0.39 is 5.92 Å². The summed E-state index contributed by atoms with van der Waals surface area (Å²) in [7, 11) is 0. The van der Waals surface area contributed by atoms with Crippen molar-refractivity contribution >= 4 is 17.3 Å². The fourth-order valence-corrected chi connectivity index (χ4v) is 4.56. The molecule has 5 heteroatoms. The molecule has 0 saturated carbocycles. The molecule has 0 spiro atoms. The molecule has 1 aliphatic carbocycles. The molecule has 2 aromatic rings. The van der Waals surface area contributed by atoms with Crippen LogP contribution in [0.4, 0.5) is 5.69 Å². The molecule has 5 nitrogen and oxygen atoms in total. The third-order valence-corrected chi connectivity index (χ3v) is 5.91. The number of amidine groups is 1. The summed E-state index contributed by atoms with van der Waals surface area (Å²) in [4.78, 5) is 19.7. The van der Waals surface area contributed by atoms with Crippen molar-refractivity contribution in [3.8, 4) is 6.07 Å². The number of para-hydroxylation sites is 1. The van der Waals surface area contributed by atoms with Gasteiger partial charge in [0.25, 0.3) is 0 Å². The van der Waals surface area contributed by atoms with Crippen LogP contribution in [0.2, 0.25) is 0 Å². The number of benzene rings is 2. The van der Waals surface area contributed by atoms with Gasteiger partial charge < -0.3 is 5.73 Å². The normalized spacial score (nSPS) is 20.6. The third kappa shape index (κ3) is 2.53. The Balaban J connectivity index is 1.83. The van der Waals surface area contributed by atoms with Gasteiger partial charge >= 0.3 is 0 Å². The average molecular weight is 380 g/mol. The van der Waals surface area contributed by atoms with Gasteiger partial charge in [0.05, 0.1) is 23.2 Å². The summed E-state index contributed by atoms with van der Waals surface area (Å²) in [6, 6.07) is 18.2. The van der Waals surface area contributed by atoms with Crippen LogP contribution in [0.15, 0.2) is 76.2 Å². The highest BCUT2D eigenvalue weighted by Gasteiger charge is 2.42. The van der Waals surface area contributed by atoms with Gasteiger partial charge in [0, 0.05) is 23.3 Å². The summed E-state index contributed by atoms with van der Waals surface area (Å²) >= 11 is 0. The Morgan fingerprint density at radius 1 is 1.14 bits per heavy atom. The predicted octanol–water partition coefficient (Wildman–Crippen LogP) is 4.06. The van der Waals surface area contributed by atoms with E-state index in [1.54, 1.807) is 0 Å². The minimum atomic E-state index is -0.406. The van der Waals surface area contributed by atoms with Crippen LogP contribution in [0.3, 0.4) is 0 Å². The molecule has 5 rings (SSSR count). The fraction of sp³-hybridized carbons (Fsp3) is 0.208. The summed E-state index contributed by atoms with van der Waals surface area (Å²) < 4.78 is 0. The number of hydrogen-bond donors (Lipinski definition) is 1. The number of allylic oxidation sites excluding steroid dienone is 3. The lowest BCUT2D eigenvalue weighted by molar-refractivity contribution is -0.116. The summed E-state index contributed by atoms with van der Waals surface area (Å²) in [6.07, 6.45) is 2.08. The van der Waals surface area contributed by atoms with Crippen molar-refractivity contribution in [1.82, 2.24) is 0 Å². The molecule has 0 radical (unpaired) electrons. The standard InChI is InChI=1S/C24H20N4O/c1-14-9-11-15(12-10-14)21-17(13-25)24-27-23(26)16-5-2-3-6-18(16)28(24)19-7-4-8-20(29)22(19)21/h2-3,5-6,9-12,21H,4,7-8H2,1H3,(H2,26,27)/t21-/m0/s1. The van der Waals surface area contributed by atoms with Gasteiger partial charge in [0.15, 0.2) is 11.6 Å². The number of anilines is 1. The minimum absolute atomic E-state index is 0.114. The second kappa shape index (κ2) is 6.46. The number of fused-ring (bicyclic) bond motifs is 4. The highest BCUT2D eigenvalue weighted by atomic mass is 16.1. The number of nitrogens with two attached hydrogens (primary N) is 1. The molecule has 0 fully saturated rings. The van der Waals surface area contributed by atoms with Crippen LogP contribution < -0.4 is 10.6 Å². The first kappa shape index (κ1) is 17.4. The van der Waals surface area contributed by atoms with Crippen LogP contribution in [0.1, 0.15) is 41.9 Å². The van der Waals surface area contributed by atoms with E-state index in [1.807, 2.05) is 60.4 Å². The number of carbonyl (C=O) groups excluding carboxylic acids is 1. The molecule has 29 heavy (non-hydrogen) atoms. The van der Waals surface area contributed by atoms with Gasteiger partial charge in [-0.25, -0.2) is 4.99 Å². The van der Waals surface area contributed by atoms with Gasteiger partial charge in [-0.1, -0.05) is 42.0 Å². The molecule has 0 saturated heterocycles. The Morgan fingerprint density at radius 3 is 2.66 bits per heavy atom. The van der Waals surface area contributed by atoms with E-state index in [4.69, 9.17) is 5.73 Å². The van der Waals surface area contributed by atoms with Gasteiger partial charge in [0.2, 0.25) is 0 Å². The van der Waals surface area contributed by atoms with E-state index in [1.165, 1.54) is 0 Å². The maximum Gasteiger partial charge on any atom is 0.161 e. The largest absolute Gasteiger partial charge is 0.383 e. The Kier molecular flexibility index (Phi) is 3.88. The third-order valence-electron chi connectivity index (χ3n) is 5.91. The second-order valence-electron chi connectivity index (χ2n) is 7.68. The lowest BCUT2D eigenvalue weighted by Crippen LogP contribution is -2.39.